The molecule has 9 heteroatoms. The van der Waals surface area contributed by atoms with Crippen LogP contribution in [-0.4, -0.2) is 56.3 Å². The minimum Gasteiger partial charge on any atom is -0.381 e. The van der Waals surface area contributed by atoms with Gasteiger partial charge in [0.15, 0.2) is 5.96 Å². The Morgan fingerprint density at radius 2 is 2.16 bits per heavy atom. The molecule has 1 aromatic carbocycles. The van der Waals surface area contributed by atoms with Gasteiger partial charge in [-0.05, 0) is 44.4 Å². The number of hydrogen-bond acceptors (Lipinski definition) is 5. The number of nitrogens with one attached hydrogen (secondary N) is 1. The van der Waals surface area contributed by atoms with Gasteiger partial charge >= 0.3 is 0 Å². The number of aromatic nitrogens is 1. The fourth-order valence-electron chi connectivity index (χ4n) is 3.82. The van der Waals surface area contributed by atoms with E-state index in [1.807, 2.05) is 20.0 Å². The number of aliphatic imine (C=N–C) groups is 1. The second-order valence-electron chi connectivity index (χ2n) is 7.98. The molecule has 1 aromatic heterocycles. The number of thiazole rings is 1. The lowest BCUT2D eigenvalue weighted by molar-refractivity contribution is 0.0529. The van der Waals surface area contributed by atoms with E-state index in [-0.39, 0.29) is 41.3 Å². The second kappa shape index (κ2) is 12.8. The molecular formula is C23H34FIN4O2S. The highest BCUT2D eigenvalue weighted by Crippen LogP contribution is 2.35. The van der Waals surface area contributed by atoms with Crippen molar-refractivity contribution in [2.45, 2.75) is 44.8 Å². The average molecular weight is 577 g/mol. The lowest BCUT2D eigenvalue weighted by atomic mass is 9.74. The fraction of sp³-hybridized carbons (Fsp3) is 0.565. The number of rotatable bonds is 8. The minimum atomic E-state index is -0.219. The molecule has 0 spiro atoms. The largest absolute Gasteiger partial charge is 0.381 e. The summed E-state index contributed by atoms with van der Waals surface area (Å²) >= 11 is 1.61. The predicted molar refractivity (Wildman–Crippen MR) is 139 cm³/mol. The van der Waals surface area contributed by atoms with Crippen LogP contribution < -0.4 is 5.32 Å². The summed E-state index contributed by atoms with van der Waals surface area (Å²) in [7, 11) is 3.71. The van der Waals surface area contributed by atoms with Crippen molar-refractivity contribution in [1.29, 1.82) is 0 Å². The van der Waals surface area contributed by atoms with Crippen LogP contribution >= 0.6 is 35.3 Å². The molecule has 1 fully saturated rings. The lowest BCUT2D eigenvalue weighted by Crippen LogP contribution is -2.42. The summed E-state index contributed by atoms with van der Waals surface area (Å²) in [5.41, 5.74) is 1.77. The van der Waals surface area contributed by atoms with Crippen LogP contribution in [0.1, 0.15) is 49.1 Å². The highest BCUT2D eigenvalue weighted by atomic mass is 127. The Morgan fingerprint density at radius 1 is 1.41 bits per heavy atom. The van der Waals surface area contributed by atoms with Gasteiger partial charge in [-0.2, -0.15) is 0 Å². The van der Waals surface area contributed by atoms with Crippen molar-refractivity contribution in [3.8, 4) is 0 Å². The number of guanidine groups is 1. The van der Waals surface area contributed by atoms with Gasteiger partial charge < -0.3 is 19.7 Å². The van der Waals surface area contributed by atoms with Crippen LogP contribution in [0.15, 0.2) is 34.6 Å². The van der Waals surface area contributed by atoms with E-state index in [2.05, 4.69) is 22.5 Å². The number of methoxy groups -OCH3 is 1. The first-order valence-electron chi connectivity index (χ1n) is 10.8. The maximum atomic E-state index is 14.0. The summed E-state index contributed by atoms with van der Waals surface area (Å²) in [6.45, 7) is 7.38. The maximum Gasteiger partial charge on any atom is 0.194 e. The Hall–Kier alpha value is -1.30. The lowest BCUT2D eigenvalue weighted by Gasteiger charge is -2.37. The maximum absolute atomic E-state index is 14.0. The van der Waals surface area contributed by atoms with E-state index in [0.717, 1.165) is 41.6 Å². The Labute approximate surface area is 211 Å². The van der Waals surface area contributed by atoms with Crippen molar-refractivity contribution in [1.82, 2.24) is 15.2 Å². The standard InChI is InChI=1S/C23H33FN4O2S.HI/c1-5-25-22(28(3)14-20-15-31-21(27-20)17(2)29-4)26-16-23(9-11-30-12-10-23)18-7-6-8-19(24)13-18;/h6-8,13,15,17H,5,9-12,14,16H2,1-4H3,(H,25,26);1H. The van der Waals surface area contributed by atoms with Crippen molar-refractivity contribution in [3.05, 3.63) is 51.7 Å². The van der Waals surface area contributed by atoms with Crippen LogP contribution in [0.4, 0.5) is 4.39 Å². The number of benzene rings is 1. The highest BCUT2D eigenvalue weighted by Gasteiger charge is 2.35. The first-order valence-corrected chi connectivity index (χ1v) is 11.7. The van der Waals surface area contributed by atoms with Gasteiger partial charge in [-0.1, -0.05) is 12.1 Å². The Bertz CT molecular complexity index is 873. The monoisotopic (exact) mass is 576 g/mol. The molecule has 178 valence electrons. The summed E-state index contributed by atoms with van der Waals surface area (Å²) in [6, 6.07) is 6.92. The summed E-state index contributed by atoms with van der Waals surface area (Å²) in [5, 5.41) is 6.42. The molecule has 2 heterocycles. The summed E-state index contributed by atoms with van der Waals surface area (Å²) in [6.07, 6.45) is 1.64. The van der Waals surface area contributed by atoms with Gasteiger partial charge in [-0.25, -0.2) is 9.37 Å². The smallest absolute Gasteiger partial charge is 0.194 e. The van der Waals surface area contributed by atoms with Crippen molar-refractivity contribution in [2.75, 3.05) is 40.5 Å². The van der Waals surface area contributed by atoms with E-state index in [4.69, 9.17) is 19.5 Å². The number of hydrogen-bond donors (Lipinski definition) is 1. The van der Waals surface area contributed by atoms with E-state index in [0.29, 0.717) is 26.3 Å². The van der Waals surface area contributed by atoms with Crippen LogP contribution in [0.2, 0.25) is 0 Å². The van der Waals surface area contributed by atoms with Gasteiger partial charge in [-0.15, -0.1) is 35.3 Å². The van der Waals surface area contributed by atoms with Crippen LogP contribution in [0.25, 0.3) is 0 Å². The minimum absolute atomic E-state index is 0. The van der Waals surface area contributed by atoms with Gasteiger partial charge in [0.05, 0.1) is 18.8 Å². The molecule has 1 unspecified atom stereocenters. The SMILES string of the molecule is CCNC(=NCC1(c2cccc(F)c2)CCOCC1)N(C)Cc1csc(C(C)OC)n1.I. The van der Waals surface area contributed by atoms with Crippen LogP contribution in [0.5, 0.6) is 0 Å². The zero-order valence-corrected chi connectivity index (χ0v) is 22.4. The van der Waals surface area contributed by atoms with E-state index >= 15 is 0 Å². The molecule has 32 heavy (non-hydrogen) atoms. The molecule has 0 radical (unpaired) electrons. The topological polar surface area (TPSA) is 59.0 Å². The van der Waals surface area contributed by atoms with E-state index in [1.165, 1.54) is 6.07 Å². The van der Waals surface area contributed by atoms with Gasteiger partial charge in [-0.3, -0.25) is 4.99 Å². The summed E-state index contributed by atoms with van der Waals surface area (Å²) < 4.78 is 24.9. The Kier molecular flexibility index (Phi) is 10.8. The third kappa shape index (κ3) is 6.85. The van der Waals surface area contributed by atoms with Crippen molar-refractivity contribution in [2.24, 2.45) is 4.99 Å². The number of nitrogens with zero attached hydrogens (tertiary/aromatic N) is 3. The zero-order chi connectivity index (χ0) is 22.3. The third-order valence-corrected chi connectivity index (χ3v) is 6.84. The molecule has 3 rings (SSSR count). The first-order chi connectivity index (χ1) is 15.0. The molecule has 0 aliphatic carbocycles. The normalized spacial score (nSPS) is 16.8. The molecule has 0 bridgehead atoms. The van der Waals surface area contributed by atoms with Crippen molar-refractivity contribution in [3.63, 3.8) is 0 Å². The van der Waals surface area contributed by atoms with Gasteiger partial charge in [0.2, 0.25) is 0 Å². The van der Waals surface area contributed by atoms with Gasteiger partial charge in [0.1, 0.15) is 16.9 Å². The van der Waals surface area contributed by atoms with Gasteiger partial charge in [0, 0.05) is 44.7 Å². The first kappa shape index (κ1) is 26.9. The van der Waals surface area contributed by atoms with Crippen molar-refractivity contribution >= 4 is 41.3 Å². The molecule has 0 saturated carbocycles. The number of halogens is 2. The molecule has 1 aliphatic rings. The summed E-state index contributed by atoms with van der Waals surface area (Å²) in [5.74, 6) is 0.611. The molecule has 2 aromatic rings. The van der Waals surface area contributed by atoms with E-state index in [1.54, 1.807) is 30.6 Å². The fourth-order valence-corrected chi connectivity index (χ4v) is 4.66. The summed E-state index contributed by atoms with van der Waals surface area (Å²) in [4.78, 5) is 11.8. The Balaban J connectivity index is 0.00000363. The van der Waals surface area contributed by atoms with Crippen LogP contribution in [-0.2, 0) is 21.4 Å². The molecule has 1 N–H and O–H groups in total. The van der Waals surface area contributed by atoms with Gasteiger partial charge in [0.25, 0.3) is 0 Å². The number of ether oxygens (including phenoxy) is 2. The highest BCUT2D eigenvalue weighted by molar-refractivity contribution is 14.0. The van der Waals surface area contributed by atoms with E-state index < -0.39 is 0 Å². The van der Waals surface area contributed by atoms with Crippen LogP contribution in [0.3, 0.4) is 0 Å². The molecular weight excluding hydrogens is 542 g/mol. The molecule has 0 amide bonds. The predicted octanol–water partition coefficient (Wildman–Crippen LogP) is 4.75. The van der Waals surface area contributed by atoms with E-state index in [9.17, 15) is 4.39 Å². The zero-order valence-electron chi connectivity index (χ0n) is 19.3. The molecule has 1 atom stereocenters. The third-order valence-electron chi connectivity index (χ3n) is 5.78. The molecule has 6 nitrogen and oxygen atoms in total. The average Bonchev–Trinajstić information content (AvgIpc) is 3.25. The van der Waals surface area contributed by atoms with Crippen molar-refractivity contribution < 1.29 is 13.9 Å². The molecule has 1 aliphatic heterocycles. The molecule has 1 saturated heterocycles. The quantitative estimate of drug-likeness (QED) is 0.279. The second-order valence-corrected chi connectivity index (χ2v) is 8.87. The Morgan fingerprint density at radius 3 is 2.81 bits per heavy atom. The van der Waals surface area contributed by atoms with Crippen LogP contribution in [0, 0.1) is 5.82 Å².